The first-order chi connectivity index (χ1) is 8.79. The molecule has 3 heterocycles. The molecular formula is C13H23N3O2. The Balaban J connectivity index is 1.90. The molecule has 3 saturated heterocycles. The number of methoxy groups -OCH3 is 1. The fourth-order valence-electron chi connectivity index (χ4n) is 4.09. The number of rotatable bonds is 2. The van der Waals surface area contributed by atoms with Gasteiger partial charge < -0.3 is 10.1 Å². The minimum absolute atomic E-state index is 0.0150. The monoisotopic (exact) mass is 253 g/mol. The Morgan fingerprint density at radius 1 is 1.28 bits per heavy atom. The van der Waals surface area contributed by atoms with Gasteiger partial charge in [-0.05, 0) is 25.8 Å². The standard InChI is InChI=1S/C13H23N3O2/c1-18-12(17)13(16-9-5-14-6-10-16)4-8-15-7-2-3-11(13)15/h11,14H,2-10H2,1H3. The van der Waals surface area contributed by atoms with E-state index in [1.54, 1.807) is 0 Å². The molecule has 3 rings (SSSR count). The van der Waals surface area contributed by atoms with Gasteiger partial charge >= 0.3 is 5.97 Å². The van der Waals surface area contributed by atoms with Crippen LogP contribution in [-0.2, 0) is 9.53 Å². The SMILES string of the molecule is COC(=O)C1(N2CCNCC2)CCN2CCCC21. The van der Waals surface area contributed by atoms with E-state index in [2.05, 4.69) is 15.1 Å². The van der Waals surface area contributed by atoms with Crippen LogP contribution in [0, 0.1) is 0 Å². The lowest BCUT2D eigenvalue weighted by atomic mass is 9.86. The average Bonchev–Trinajstić information content (AvgIpc) is 3.01. The molecule has 18 heavy (non-hydrogen) atoms. The van der Waals surface area contributed by atoms with Gasteiger partial charge in [0.1, 0.15) is 5.54 Å². The Labute approximate surface area is 108 Å². The number of hydrogen-bond acceptors (Lipinski definition) is 5. The molecule has 0 amide bonds. The third-order valence-electron chi connectivity index (χ3n) is 4.92. The lowest BCUT2D eigenvalue weighted by Gasteiger charge is -2.44. The first-order valence-electron chi connectivity index (χ1n) is 7.07. The van der Waals surface area contributed by atoms with Crippen molar-refractivity contribution in [2.75, 3.05) is 46.4 Å². The molecular weight excluding hydrogens is 230 g/mol. The lowest BCUT2D eigenvalue weighted by molar-refractivity contribution is -0.157. The van der Waals surface area contributed by atoms with Crippen LogP contribution >= 0.6 is 0 Å². The Hall–Kier alpha value is -0.650. The highest BCUT2D eigenvalue weighted by atomic mass is 16.5. The molecule has 5 heteroatoms. The van der Waals surface area contributed by atoms with Crippen molar-refractivity contribution in [3.8, 4) is 0 Å². The molecule has 0 aromatic carbocycles. The van der Waals surface area contributed by atoms with Crippen molar-refractivity contribution in [2.45, 2.75) is 30.8 Å². The third-order valence-corrected chi connectivity index (χ3v) is 4.92. The first-order valence-corrected chi connectivity index (χ1v) is 7.07. The summed E-state index contributed by atoms with van der Waals surface area (Å²) in [5.41, 5.74) is -0.368. The maximum Gasteiger partial charge on any atom is 0.327 e. The number of piperazine rings is 1. The van der Waals surface area contributed by atoms with E-state index in [0.29, 0.717) is 6.04 Å². The van der Waals surface area contributed by atoms with Gasteiger partial charge in [0.2, 0.25) is 0 Å². The Bertz CT molecular complexity index is 330. The van der Waals surface area contributed by atoms with Crippen LogP contribution in [0.4, 0.5) is 0 Å². The molecule has 0 aliphatic carbocycles. The van der Waals surface area contributed by atoms with Gasteiger partial charge in [-0.2, -0.15) is 0 Å². The number of hydrogen-bond donors (Lipinski definition) is 1. The summed E-state index contributed by atoms with van der Waals surface area (Å²) < 4.78 is 5.17. The summed E-state index contributed by atoms with van der Waals surface area (Å²) in [6, 6.07) is 0.378. The molecule has 0 aromatic heterocycles. The van der Waals surface area contributed by atoms with E-state index in [1.807, 2.05) is 0 Å². The highest BCUT2D eigenvalue weighted by Gasteiger charge is 2.58. The molecule has 3 fully saturated rings. The van der Waals surface area contributed by atoms with Crippen molar-refractivity contribution >= 4 is 5.97 Å². The molecule has 0 radical (unpaired) electrons. The number of esters is 1. The van der Waals surface area contributed by atoms with Crippen LogP contribution in [-0.4, -0.2) is 73.7 Å². The lowest BCUT2D eigenvalue weighted by Crippen LogP contribution is -2.65. The molecule has 3 aliphatic rings. The smallest absolute Gasteiger partial charge is 0.327 e. The van der Waals surface area contributed by atoms with Gasteiger partial charge in [0.15, 0.2) is 0 Å². The van der Waals surface area contributed by atoms with Crippen LogP contribution in [0.15, 0.2) is 0 Å². The molecule has 1 N–H and O–H groups in total. The van der Waals surface area contributed by atoms with Crippen molar-refractivity contribution < 1.29 is 9.53 Å². The third kappa shape index (κ3) is 1.68. The van der Waals surface area contributed by atoms with E-state index in [0.717, 1.165) is 52.1 Å². The molecule has 3 aliphatic heterocycles. The summed E-state index contributed by atoms with van der Waals surface area (Å²) in [5, 5.41) is 3.36. The fraction of sp³-hybridized carbons (Fsp3) is 0.923. The van der Waals surface area contributed by atoms with Gasteiger partial charge in [0.25, 0.3) is 0 Å². The summed E-state index contributed by atoms with van der Waals surface area (Å²) in [4.78, 5) is 17.3. The number of carbonyl (C=O) groups excluding carboxylic acids is 1. The predicted molar refractivity (Wildman–Crippen MR) is 68.4 cm³/mol. The van der Waals surface area contributed by atoms with E-state index < -0.39 is 0 Å². The molecule has 0 bridgehead atoms. The van der Waals surface area contributed by atoms with Gasteiger partial charge in [0.05, 0.1) is 7.11 Å². The van der Waals surface area contributed by atoms with E-state index in [9.17, 15) is 4.79 Å². The van der Waals surface area contributed by atoms with Crippen molar-refractivity contribution in [1.82, 2.24) is 15.1 Å². The van der Waals surface area contributed by atoms with Crippen molar-refractivity contribution in [3.05, 3.63) is 0 Å². The van der Waals surface area contributed by atoms with E-state index in [4.69, 9.17) is 4.74 Å². The van der Waals surface area contributed by atoms with Crippen LogP contribution in [0.2, 0.25) is 0 Å². The summed E-state index contributed by atoms with van der Waals surface area (Å²) in [6.07, 6.45) is 3.29. The van der Waals surface area contributed by atoms with Gasteiger partial charge in [0, 0.05) is 38.8 Å². The van der Waals surface area contributed by atoms with Crippen LogP contribution in [0.25, 0.3) is 0 Å². The topological polar surface area (TPSA) is 44.8 Å². The second kappa shape index (κ2) is 4.79. The number of fused-ring (bicyclic) bond motifs is 1. The van der Waals surface area contributed by atoms with E-state index in [-0.39, 0.29) is 11.5 Å². The average molecular weight is 253 g/mol. The molecule has 5 nitrogen and oxygen atoms in total. The zero-order valence-electron chi connectivity index (χ0n) is 11.2. The summed E-state index contributed by atoms with van der Waals surface area (Å²) in [6.45, 7) is 6.06. The number of nitrogens with one attached hydrogen (secondary N) is 1. The van der Waals surface area contributed by atoms with Crippen molar-refractivity contribution in [3.63, 3.8) is 0 Å². The number of nitrogens with zero attached hydrogens (tertiary/aromatic N) is 2. The normalized spacial score (nSPS) is 37.7. The van der Waals surface area contributed by atoms with E-state index in [1.165, 1.54) is 13.5 Å². The van der Waals surface area contributed by atoms with Crippen LogP contribution in [0.1, 0.15) is 19.3 Å². The number of carbonyl (C=O) groups is 1. The minimum Gasteiger partial charge on any atom is -0.468 e. The maximum atomic E-state index is 12.5. The van der Waals surface area contributed by atoms with E-state index >= 15 is 0 Å². The summed E-state index contributed by atoms with van der Waals surface area (Å²) >= 11 is 0. The minimum atomic E-state index is -0.368. The van der Waals surface area contributed by atoms with Gasteiger partial charge in [-0.1, -0.05) is 0 Å². The largest absolute Gasteiger partial charge is 0.468 e. The highest BCUT2D eigenvalue weighted by molar-refractivity contribution is 5.82. The summed E-state index contributed by atoms with van der Waals surface area (Å²) in [5.74, 6) is -0.0150. The second-order valence-electron chi connectivity index (χ2n) is 5.60. The predicted octanol–water partition coefficient (Wildman–Crippen LogP) is -0.328. The molecule has 2 unspecified atom stereocenters. The molecule has 0 aromatic rings. The number of ether oxygens (including phenoxy) is 1. The Kier molecular flexibility index (Phi) is 3.30. The molecule has 2 atom stereocenters. The zero-order chi connectivity index (χ0) is 12.6. The van der Waals surface area contributed by atoms with Gasteiger partial charge in [-0.3, -0.25) is 9.80 Å². The second-order valence-corrected chi connectivity index (χ2v) is 5.60. The van der Waals surface area contributed by atoms with Crippen LogP contribution in [0.5, 0.6) is 0 Å². The molecule has 0 saturated carbocycles. The van der Waals surface area contributed by atoms with Crippen LogP contribution in [0.3, 0.4) is 0 Å². The summed E-state index contributed by atoms with van der Waals surface area (Å²) in [7, 11) is 1.53. The van der Waals surface area contributed by atoms with Crippen molar-refractivity contribution in [1.29, 1.82) is 0 Å². The molecule has 102 valence electrons. The van der Waals surface area contributed by atoms with Crippen molar-refractivity contribution in [2.24, 2.45) is 0 Å². The quantitative estimate of drug-likeness (QED) is 0.683. The fourth-order valence-corrected chi connectivity index (χ4v) is 4.09. The Morgan fingerprint density at radius 3 is 2.78 bits per heavy atom. The maximum absolute atomic E-state index is 12.5. The highest BCUT2D eigenvalue weighted by Crippen LogP contribution is 2.41. The first kappa shape index (κ1) is 12.4. The van der Waals surface area contributed by atoms with Gasteiger partial charge in [-0.15, -0.1) is 0 Å². The molecule has 0 spiro atoms. The van der Waals surface area contributed by atoms with Gasteiger partial charge in [-0.25, -0.2) is 4.79 Å². The van der Waals surface area contributed by atoms with Crippen LogP contribution < -0.4 is 5.32 Å². The Morgan fingerprint density at radius 2 is 2.06 bits per heavy atom. The zero-order valence-corrected chi connectivity index (χ0v) is 11.2.